The van der Waals surface area contributed by atoms with Crippen LogP contribution >= 0.6 is 0 Å². The summed E-state index contributed by atoms with van der Waals surface area (Å²) in [5, 5.41) is 0. The molecule has 0 amide bonds. The molecular formula is C26H30N6O3S. The predicted molar refractivity (Wildman–Crippen MR) is 141 cm³/mol. The number of likely N-dealkylation sites (tertiary alicyclic amines) is 1. The highest BCUT2D eigenvalue weighted by Gasteiger charge is 2.39. The fraction of sp³-hybridized carbons (Fsp3) is 0.346. The van der Waals surface area contributed by atoms with Crippen molar-refractivity contribution in [1.29, 1.82) is 0 Å². The van der Waals surface area contributed by atoms with Gasteiger partial charge in [0.2, 0.25) is 0 Å². The molecule has 0 bridgehead atoms. The first kappa shape index (κ1) is 23.1. The third-order valence-corrected chi connectivity index (χ3v) is 9.14. The molecule has 0 saturated carbocycles. The Labute approximate surface area is 211 Å². The summed E-state index contributed by atoms with van der Waals surface area (Å²) >= 11 is 0. The van der Waals surface area contributed by atoms with Crippen molar-refractivity contribution in [2.75, 3.05) is 50.1 Å². The van der Waals surface area contributed by atoms with Gasteiger partial charge in [0.25, 0.3) is 10.0 Å². The number of anilines is 3. The number of hydrogen-bond donors (Lipinski definition) is 1. The van der Waals surface area contributed by atoms with Crippen LogP contribution in [0, 0.1) is 11.8 Å². The summed E-state index contributed by atoms with van der Waals surface area (Å²) in [4.78, 5) is 11.2. The zero-order chi connectivity index (χ0) is 25.0. The van der Waals surface area contributed by atoms with E-state index in [-0.39, 0.29) is 4.90 Å². The standard InChI is InChI=1S/C26H30N6O3S/c1-29-14-19-16-30(17-20(19)15-29)21-6-8-22(9-7-21)32-25-18(13-28-26(32)27)10-11-31(25)36(33,34)24-5-3-4-23(12-24)35-2/h3-13,19-20,26H,14-17,27H2,1-2H3/t19-,20+,26?. The summed E-state index contributed by atoms with van der Waals surface area (Å²) in [5.74, 6) is 2.37. The molecule has 1 aromatic heterocycles. The van der Waals surface area contributed by atoms with Gasteiger partial charge in [-0.05, 0) is 61.3 Å². The van der Waals surface area contributed by atoms with Gasteiger partial charge in [-0.2, -0.15) is 0 Å². The molecule has 4 heterocycles. The number of nitrogens with two attached hydrogens (primary N) is 1. The van der Waals surface area contributed by atoms with E-state index in [0.29, 0.717) is 29.0 Å². The van der Waals surface area contributed by atoms with Crippen LogP contribution in [0.5, 0.6) is 5.75 Å². The van der Waals surface area contributed by atoms with E-state index >= 15 is 0 Å². The van der Waals surface area contributed by atoms with Gasteiger partial charge in [-0.25, -0.2) is 12.4 Å². The van der Waals surface area contributed by atoms with Crippen molar-refractivity contribution in [3.8, 4) is 5.75 Å². The average Bonchev–Trinajstić information content (AvgIpc) is 3.57. The largest absolute Gasteiger partial charge is 0.497 e. The van der Waals surface area contributed by atoms with Crippen LogP contribution in [0.4, 0.5) is 17.2 Å². The van der Waals surface area contributed by atoms with Crippen molar-refractivity contribution in [3.05, 3.63) is 66.4 Å². The quantitative estimate of drug-likeness (QED) is 0.568. The predicted octanol–water partition coefficient (Wildman–Crippen LogP) is 2.54. The Hall–Kier alpha value is -3.34. The molecule has 6 rings (SSSR count). The molecule has 2 aromatic carbocycles. The zero-order valence-corrected chi connectivity index (χ0v) is 21.2. The van der Waals surface area contributed by atoms with Crippen LogP contribution in [0.15, 0.2) is 70.7 Å². The number of hydrogen-bond acceptors (Lipinski definition) is 8. The zero-order valence-electron chi connectivity index (χ0n) is 20.4. The minimum atomic E-state index is -3.90. The van der Waals surface area contributed by atoms with Gasteiger partial charge < -0.3 is 14.5 Å². The molecule has 2 fully saturated rings. The Morgan fingerprint density at radius 3 is 2.36 bits per heavy atom. The van der Waals surface area contributed by atoms with Crippen LogP contribution < -0.4 is 20.3 Å². The molecule has 3 aromatic rings. The van der Waals surface area contributed by atoms with Crippen molar-refractivity contribution in [3.63, 3.8) is 0 Å². The minimum Gasteiger partial charge on any atom is -0.497 e. The van der Waals surface area contributed by atoms with Crippen LogP contribution in [-0.4, -0.2) is 70.1 Å². The van der Waals surface area contributed by atoms with Gasteiger partial charge in [0.1, 0.15) is 11.6 Å². The van der Waals surface area contributed by atoms with Crippen molar-refractivity contribution < 1.29 is 13.2 Å². The topological polar surface area (TPSA) is 96.4 Å². The van der Waals surface area contributed by atoms with Gasteiger partial charge >= 0.3 is 0 Å². The first-order valence-electron chi connectivity index (χ1n) is 12.1. The highest BCUT2D eigenvalue weighted by Crippen LogP contribution is 2.38. The maximum absolute atomic E-state index is 13.7. The van der Waals surface area contributed by atoms with Crippen molar-refractivity contribution in [2.45, 2.75) is 11.2 Å². The number of benzene rings is 2. The molecular weight excluding hydrogens is 476 g/mol. The van der Waals surface area contributed by atoms with E-state index in [1.807, 2.05) is 12.1 Å². The fourth-order valence-corrected chi connectivity index (χ4v) is 7.11. The van der Waals surface area contributed by atoms with Crippen molar-refractivity contribution >= 4 is 33.4 Å². The third-order valence-electron chi connectivity index (χ3n) is 7.48. The first-order valence-corrected chi connectivity index (χ1v) is 13.5. The Kier molecular flexibility index (Phi) is 5.55. The molecule has 2 saturated heterocycles. The molecule has 36 heavy (non-hydrogen) atoms. The van der Waals surface area contributed by atoms with Crippen molar-refractivity contribution in [1.82, 2.24) is 8.87 Å². The monoisotopic (exact) mass is 506 g/mol. The van der Waals surface area contributed by atoms with Gasteiger partial charge in [0.05, 0.1) is 12.0 Å². The van der Waals surface area contributed by atoms with Crippen LogP contribution in [0.3, 0.4) is 0 Å². The molecule has 3 atom stereocenters. The molecule has 1 unspecified atom stereocenters. The second kappa shape index (κ2) is 8.65. The second-order valence-electron chi connectivity index (χ2n) is 9.80. The lowest BCUT2D eigenvalue weighted by Gasteiger charge is -2.32. The second-order valence-corrected chi connectivity index (χ2v) is 11.6. The third kappa shape index (κ3) is 3.76. The maximum Gasteiger partial charge on any atom is 0.269 e. The first-order chi connectivity index (χ1) is 17.3. The fourth-order valence-electron chi connectivity index (χ4n) is 5.72. The lowest BCUT2D eigenvalue weighted by molar-refractivity contribution is 0.387. The van der Waals surface area contributed by atoms with E-state index in [9.17, 15) is 8.42 Å². The lowest BCUT2D eigenvalue weighted by Crippen LogP contribution is -2.41. The van der Waals surface area contributed by atoms with Crippen LogP contribution in [0.2, 0.25) is 0 Å². The van der Waals surface area contributed by atoms with Gasteiger partial charge in [-0.1, -0.05) is 6.07 Å². The smallest absolute Gasteiger partial charge is 0.269 e. The highest BCUT2D eigenvalue weighted by atomic mass is 32.2. The number of ether oxygens (including phenoxy) is 1. The lowest BCUT2D eigenvalue weighted by atomic mass is 10.0. The van der Waals surface area contributed by atoms with Crippen LogP contribution in [-0.2, 0) is 10.0 Å². The highest BCUT2D eigenvalue weighted by molar-refractivity contribution is 7.90. The Morgan fingerprint density at radius 2 is 1.67 bits per heavy atom. The molecule has 0 aliphatic carbocycles. The molecule has 9 nitrogen and oxygen atoms in total. The van der Waals surface area contributed by atoms with Crippen LogP contribution in [0.1, 0.15) is 5.56 Å². The van der Waals surface area contributed by atoms with E-state index in [2.05, 4.69) is 34.0 Å². The summed E-state index contributed by atoms with van der Waals surface area (Å²) in [7, 11) is -0.197. The van der Waals surface area contributed by atoms with Crippen molar-refractivity contribution in [2.24, 2.45) is 22.6 Å². The summed E-state index contributed by atoms with van der Waals surface area (Å²) in [5.41, 5.74) is 9.04. The summed E-state index contributed by atoms with van der Waals surface area (Å²) in [6, 6.07) is 16.4. The summed E-state index contributed by atoms with van der Waals surface area (Å²) < 4.78 is 33.8. The summed E-state index contributed by atoms with van der Waals surface area (Å²) in [6.07, 6.45) is 2.42. The molecule has 0 radical (unpaired) electrons. The number of rotatable bonds is 5. The molecule has 3 aliphatic heterocycles. The number of methoxy groups -OCH3 is 1. The SMILES string of the molecule is COc1cccc(S(=O)(=O)n2ccc3c2N(c2ccc(N4C[C@H]5CN(C)C[C@H]5C4)cc2)C(N)N=C3)c1. The van der Waals surface area contributed by atoms with Gasteiger partial charge in [-0.3, -0.25) is 15.6 Å². The normalized spacial score (nSPS) is 23.7. The van der Waals surface area contributed by atoms with E-state index in [1.165, 1.54) is 22.8 Å². The van der Waals surface area contributed by atoms with Gasteiger partial charge in [-0.15, -0.1) is 0 Å². The maximum atomic E-state index is 13.7. The van der Waals surface area contributed by atoms with E-state index in [4.69, 9.17) is 10.5 Å². The van der Waals surface area contributed by atoms with Gasteiger partial charge in [0, 0.05) is 61.6 Å². The number of nitrogens with zero attached hydrogens (tertiary/aromatic N) is 5. The number of fused-ring (bicyclic) bond motifs is 2. The Morgan fingerprint density at radius 1 is 0.972 bits per heavy atom. The molecule has 10 heteroatoms. The molecule has 3 aliphatic rings. The average molecular weight is 507 g/mol. The minimum absolute atomic E-state index is 0.136. The Balaban J connectivity index is 1.33. The Bertz CT molecular complexity index is 1400. The van der Waals surface area contributed by atoms with E-state index in [0.717, 1.165) is 31.9 Å². The summed E-state index contributed by atoms with van der Waals surface area (Å²) in [6.45, 7) is 4.43. The van der Waals surface area contributed by atoms with Crippen LogP contribution in [0.25, 0.3) is 0 Å². The molecule has 188 valence electrons. The molecule has 0 spiro atoms. The van der Waals surface area contributed by atoms with E-state index < -0.39 is 16.3 Å². The van der Waals surface area contributed by atoms with E-state index in [1.54, 1.807) is 41.6 Å². The number of aliphatic imine (C=N–C) groups is 1. The number of aromatic nitrogens is 1. The molecule has 2 N–H and O–H groups in total. The van der Waals surface area contributed by atoms with Gasteiger partial charge in [0.15, 0.2) is 6.29 Å².